The van der Waals surface area contributed by atoms with Crippen LogP contribution in [-0.4, -0.2) is 23.0 Å². The van der Waals surface area contributed by atoms with E-state index in [0.29, 0.717) is 11.8 Å². The number of pyridine rings is 1. The lowest BCUT2D eigenvalue weighted by Gasteiger charge is -2.22. The van der Waals surface area contributed by atoms with Crippen LogP contribution in [-0.2, 0) is 9.53 Å². The molecule has 1 aromatic heterocycles. The van der Waals surface area contributed by atoms with Crippen molar-refractivity contribution in [3.63, 3.8) is 0 Å². The topological polar surface area (TPSA) is 68.3 Å². The molecular weight excluding hydrogens is 291 g/mol. The summed E-state index contributed by atoms with van der Waals surface area (Å²) in [6, 6.07) is 0.475. The maximum atomic E-state index is 11.6. The molecule has 1 unspecified atom stereocenters. The standard InChI is InChI=1S/C12H14Cl2N2O3/c1-12(2,3)19-11(18)16-9(6-17)7-4-10(14)15-5-8(7)13/h4-6,9H,1-3H3,(H,16,18). The van der Waals surface area contributed by atoms with E-state index in [9.17, 15) is 9.59 Å². The van der Waals surface area contributed by atoms with Crippen LogP contribution in [0.5, 0.6) is 0 Å². The second-order valence-electron chi connectivity index (χ2n) is 4.79. The summed E-state index contributed by atoms with van der Waals surface area (Å²) in [5.74, 6) is 0. The highest BCUT2D eigenvalue weighted by atomic mass is 35.5. The molecule has 1 rings (SSSR count). The second-order valence-corrected chi connectivity index (χ2v) is 5.58. The van der Waals surface area contributed by atoms with Crippen molar-refractivity contribution in [3.05, 3.63) is 28.0 Å². The van der Waals surface area contributed by atoms with E-state index < -0.39 is 17.7 Å². The number of ether oxygens (including phenoxy) is 1. The third kappa shape index (κ3) is 5.04. The Hall–Kier alpha value is -1.33. The molecule has 1 N–H and O–H groups in total. The zero-order chi connectivity index (χ0) is 14.6. The average Bonchev–Trinajstić information content (AvgIpc) is 2.27. The van der Waals surface area contributed by atoms with Crippen LogP contribution in [0.4, 0.5) is 4.79 Å². The van der Waals surface area contributed by atoms with E-state index in [2.05, 4.69) is 10.3 Å². The fourth-order valence-corrected chi connectivity index (χ4v) is 1.67. The number of aromatic nitrogens is 1. The maximum absolute atomic E-state index is 11.6. The SMILES string of the molecule is CC(C)(C)OC(=O)NC(C=O)c1cc(Cl)ncc1Cl. The van der Waals surface area contributed by atoms with Gasteiger partial charge in [0.15, 0.2) is 0 Å². The van der Waals surface area contributed by atoms with Crippen LogP contribution in [0.1, 0.15) is 32.4 Å². The highest BCUT2D eigenvalue weighted by molar-refractivity contribution is 6.33. The van der Waals surface area contributed by atoms with E-state index in [4.69, 9.17) is 27.9 Å². The van der Waals surface area contributed by atoms with E-state index in [1.807, 2.05) is 0 Å². The monoisotopic (exact) mass is 304 g/mol. The summed E-state index contributed by atoms with van der Waals surface area (Å²) in [7, 11) is 0. The minimum atomic E-state index is -0.942. The highest BCUT2D eigenvalue weighted by Gasteiger charge is 2.22. The Morgan fingerprint density at radius 2 is 2.11 bits per heavy atom. The van der Waals surface area contributed by atoms with Crippen LogP contribution in [0.15, 0.2) is 12.3 Å². The number of carbonyl (C=O) groups excluding carboxylic acids is 2. The Labute approximate surface area is 121 Å². The number of halogens is 2. The van der Waals surface area contributed by atoms with Crippen LogP contribution in [0.2, 0.25) is 10.2 Å². The molecule has 0 aliphatic rings. The van der Waals surface area contributed by atoms with Crippen molar-refractivity contribution in [2.75, 3.05) is 0 Å². The molecule has 7 heteroatoms. The van der Waals surface area contributed by atoms with Crippen molar-refractivity contribution in [1.82, 2.24) is 10.3 Å². The number of aldehydes is 1. The third-order valence-electron chi connectivity index (χ3n) is 1.99. The first kappa shape index (κ1) is 15.7. The molecule has 1 aromatic rings. The lowest BCUT2D eigenvalue weighted by molar-refractivity contribution is -0.109. The zero-order valence-electron chi connectivity index (χ0n) is 10.7. The summed E-state index contributed by atoms with van der Waals surface area (Å²) < 4.78 is 5.06. The van der Waals surface area contributed by atoms with Crippen molar-refractivity contribution in [1.29, 1.82) is 0 Å². The van der Waals surface area contributed by atoms with Crippen molar-refractivity contribution in [3.8, 4) is 0 Å². The number of rotatable bonds is 3. The summed E-state index contributed by atoms with van der Waals surface area (Å²) in [5, 5.41) is 2.82. The van der Waals surface area contributed by atoms with Gasteiger partial charge >= 0.3 is 6.09 Å². The van der Waals surface area contributed by atoms with Gasteiger partial charge in [-0.25, -0.2) is 9.78 Å². The molecule has 0 fully saturated rings. The quantitative estimate of drug-likeness (QED) is 0.688. The molecule has 0 radical (unpaired) electrons. The fourth-order valence-electron chi connectivity index (χ4n) is 1.29. The highest BCUT2D eigenvalue weighted by Crippen LogP contribution is 2.24. The summed E-state index contributed by atoms with van der Waals surface area (Å²) in [5.41, 5.74) is -0.292. The molecule has 0 spiro atoms. The largest absolute Gasteiger partial charge is 0.444 e. The van der Waals surface area contributed by atoms with Gasteiger partial charge in [-0.3, -0.25) is 0 Å². The lowest BCUT2D eigenvalue weighted by atomic mass is 10.1. The molecule has 1 amide bonds. The normalized spacial score (nSPS) is 12.7. The lowest BCUT2D eigenvalue weighted by Crippen LogP contribution is -2.35. The molecule has 1 atom stereocenters. The molecule has 19 heavy (non-hydrogen) atoms. The van der Waals surface area contributed by atoms with Gasteiger partial charge < -0.3 is 14.8 Å². The van der Waals surface area contributed by atoms with Crippen LogP contribution in [0, 0.1) is 0 Å². The molecule has 0 saturated heterocycles. The summed E-state index contributed by atoms with van der Waals surface area (Å²) in [6.07, 6.45) is 1.14. The Morgan fingerprint density at radius 1 is 1.47 bits per heavy atom. The van der Waals surface area contributed by atoms with Crippen LogP contribution in [0.3, 0.4) is 0 Å². The van der Waals surface area contributed by atoms with Crippen molar-refractivity contribution in [2.24, 2.45) is 0 Å². The first-order valence-corrected chi connectivity index (χ1v) is 6.24. The van der Waals surface area contributed by atoms with Gasteiger partial charge in [0, 0.05) is 11.8 Å². The van der Waals surface area contributed by atoms with Gasteiger partial charge in [-0.05, 0) is 26.8 Å². The van der Waals surface area contributed by atoms with Crippen molar-refractivity contribution >= 4 is 35.6 Å². The number of carbonyl (C=O) groups is 2. The van der Waals surface area contributed by atoms with Crippen LogP contribution >= 0.6 is 23.2 Å². The van der Waals surface area contributed by atoms with E-state index in [1.54, 1.807) is 20.8 Å². The Balaban J connectivity index is 2.87. The molecule has 0 aliphatic heterocycles. The van der Waals surface area contributed by atoms with E-state index in [1.165, 1.54) is 12.3 Å². The van der Waals surface area contributed by atoms with Crippen LogP contribution in [0.25, 0.3) is 0 Å². The summed E-state index contributed by atoms with van der Waals surface area (Å²) in [4.78, 5) is 26.5. The Kier molecular flexibility index (Phi) is 5.14. The van der Waals surface area contributed by atoms with Gasteiger partial charge in [-0.2, -0.15) is 0 Å². The minimum absolute atomic E-state index is 0.178. The molecule has 1 heterocycles. The number of nitrogens with zero attached hydrogens (tertiary/aromatic N) is 1. The molecule has 0 saturated carbocycles. The molecule has 104 valence electrons. The second kappa shape index (κ2) is 6.21. The molecule has 5 nitrogen and oxygen atoms in total. The smallest absolute Gasteiger partial charge is 0.408 e. The van der Waals surface area contributed by atoms with Gasteiger partial charge in [-0.1, -0.05) is 23.2 Å². The molecule has 0 bridgehead atoms. The summed E-state index contributed by atoms with van der Waals surface area (Å²) >= 11 is 11.6. The van der Waals surface area contributed by atoms with Gasteiger partial charge in [0.25, 0.3) is 0 Å². The molecular formula is C12H14Cl2N2O3. The first-order chi connectivity index (χ1) is 8.73. The van der Waals surface area contributed by atoms with Gasteiger partial charge in [-0.15, -0.1) is 0 Å². The first-order valence-electron chi connectivity index (χ1n) is 5.48. The fraction of sp³-hybridized carbons (Fsp3) is 0.417. The van der Waals surface area contributed by atoms with Gasteiger partial charge in [0.2, 0.25) is 0 Å². The molecule has 0 aliphatic carbocycles. The average molecular weight is 305 g/mol. The Bertz CT molecular complexity index is 486. The minimum Gasteiger partial charge on any atom is -0.444 e. The predicted octanol–water partition coefficient (Wildman–Crippen LogP) is 3.15. The number of hydrogen-bond acceptors (Lipinski definition) is 4. The number of nitrogens with one attached hydrogen (secondary N) is 1. The number of alkyl carbamates (subject to hydrolysis) is 1. The molecule has 0 aromatic carbocycles. The van der Waals surface area contributed by atoms with E-state index in [-0.39, 0.29) is 10.2 Å². The van der Waals surface area contributed by atoms with Gasteiger partial charge in [0.05, 0.1) is 5.02 Å². The number of amides is 1. The van der Waals surface area contributed by atoms with Crippen LogP contribution < -0.4 is 5.32 Å². The number of hydrogen-bond donors (Lipinski definition) is 1. The van der Waals surface area contributed by atoms with Gasteiger partial charge in [0.1, 0.15) is 23.1 Å². The predicted molar refractivity (Wildman–Crippen MR) is 72.4 cm³/mol. The van der Waals surface area contributed by atoms with Crippen molar-refractivity contribution < 1.29 is 14.3 Å². The maximum Gasteiger partial charge on any atom is 0.408 e. The van der Waals surface area contributed by atoms with E-state index in [0.717, 1.165) is 0 Å². The summed E-state index contributed by atoms with van der Waals surface area (Å²) in [6.45, 7) is 5.16. The third-order valence-corrected chi connectivity index (χ3v) is 2.52. The van der Waals surface area contributed by atoms with Crippen molar-refractivity contribution in [2.45, 2.75) is 32.4 Å². The van der Waals surface area contributed by atoms with E-state index >= 15 is 0 Å². The Morgan fingerprint density at radius 3 is 2.63 bits per heavy atom. The zero-order valence-corrected chi connectivity index (χ0v) is 12.2.